The van der Waals surface area contributed by atoms with Crippen molar-refractivity contribution in [2.75, 3.05) is 0 Å². The van der Waals surface area contributed by atoms with E-state index in [1.807, 2.05) is 22.9 Å². The Morgan fingerprint density at radius 2 is 1.43 bits per heavy atom. The van der Waals surface area contributed by atoms with Gasteiger partial charge >= 0.3 is 0 Å². The molecule has 0 unspecified atom stereocenters. The molecule has 3 heteroatoms. The molecule has 0 fully saturated rings. The third-order valence-corrected chi connectivity index (χ3v) is 6.05. The van der Waals surface area contributed by atoms with E-state index in [0.717, 1.165) is 41.0 Å². The molecule has 0 aliphatic heterocycles. The molecule has 144 valence electrons. The molecule has 0 amide bonds. The Labute approximate surface area is 175 Å². The van der Waals surface area contributed by atoms with Crippen LogP contribution >= 0.6 is 0 Å². The monoisotopic (exact) mass is 387 g/mol. The quantitative estimate of drug-likeness (QED) is 0.363. The molecule has 3 aromatic carbocycles. The maximum absolute atomic E-state index is 5.20. The largest absolute Gasteiger partial charge is 0.232 e. The first-order valence-corrected chi connectivity index (χ1v) is 10.4. The second kappa shape index (κ2) is 6.67. The SMILES string of the molecule is Cc1nn(-c2ccccc2)c2nc3c(c(-c4ccccc4)c12)-c1ccccc1CC3. The number of nitrogens with zero attached hydrogens (tertiary/aromatic N) is 3. The molecule has 1 aliphatic carbocycles. The predicted molar refractivity (Wildman–Crippen MR) is 122 cm³/mol. The third-order valence-electron chi connectivity index (χ3n) is 6.05. The molecule has 0 saturated heterocycles. The lowest BCUT2D eigenvalue weighted by molar-refractivity contribution is 0.859. The highest BCUT2D eigenvalue weighted by atomic mass is 15.3. The van der Waals surface area contributed by atoms with E-state index < -0.39 is 0 Å². The van der Waals surface area contributed by atoms with Gasteiger partial charge in [0.25, 0.3) is 0 Å². The van der Waals surface area contributed by atoms with E-state index in [-0.39, 0.29) is 0 Å². The molecule has 0 saturated carbocycles. The summed E-state index contributed by atoms with van der Waals surface area (Å²) in [6.07, 6.45) is 1.97. The number of aryl methyl sites for hydroxylation is 3. The van der Waals surface area contributed by atoms with Crippen LogP contribution in [0, 0.1) is 6.92 Å². The first kappa shape index (κ1) is 17.2. The lowest BCUT2D eigenvalue weighted by Crippen LogP contribution is -2.09. The molecule has 0 atom stereocenters. The van der Waals surface area contributed by atoms with Gasteiger partial charge < -0.3 is 0 Å². The number of benzene rings is 3. The number of para-hydroxylation sites is 1. The minimum Gasteiger partial charge on any atom is -0.232 e. The van der Waals surface area contributed by atoms with Crippen LogP contribution in [0.3, 0.4) is 0 Å². The maximum atomic E-state index is 5.20. The van der Waals surface area contributed by atoms with Crippen molar-refractivity contribution in [3.8, 4) is 27.9 Å². The highest BCUT2D eigenvalue weighted by Crippen LogP contribution is 2.44. The second-order valence-corrected chi connectivity index (χ2v) is 7.86. The molecule has 3 nitrogen and oxygen atoms in total. The summed E-state index contributed by atoms with van der Waals surface area (Å²) in [5.41, 5.74) is 10.6. The number of fused-ring (bicyclic) bond motifs is 4. The minimum absolute atomic E-state index is 0.940. The van der Waals surface area contributed by atoms with Gasteiger partial charge in [0.05, 0.1) is 22.5 Å². The molecule has 0 N–H and O–H groups in total. The van der Waals surface area contributed by atoms with Gasteiger partial charge in [-0.3, -0.25) is 0 Å². The molecule has 0 bridgehead atoms. The van der Waals surface area contributed by atoms with Gasteiger partial charge in [0.2, 0.25) is 0 Å². The maximum Gasteiger partial charge on any atom is 0.164 e. The van der Waals surface area contributed by atoms with Gasteiger partial charge in [-0.05, 0) is 48.6 Å². The van der Waals surface area contributed by atoms with Crippen LogP contribution in [0.1, 0.15) is 17.0 Å². The van der Waals surface area contributed by atoms with Gasteiger partial charge in [0.1, 0.15) is 0 Å². The Kier molecular flexibility index (Phi) is 3.81. The molecule has 2 heterocycles. The van der Waals surface area contributed by atoms with Crippen LogP contribution in [0.2, 0.25) is 0 Å². The fraction of sp³-hybridized carbons (Fsp3) is 0.111. The fourth-order valence-corrected chi connectivity index (χ4v) is 4.71. The predicted octanol–water partition coefficient (Wildman–Crippen LogP) is 6.16. The van der Waals surface area contributed by atoms with E-state index in [1.54, 1.807) is 0 Å². The summed E-state index contributed by atoms with van der Waals surface area (Å²) in [5.74, 6) is 0. The lowest BCUT2D eigenvalue weighted by Gasteiger charge is -2.23. The van der Waals surface area contributed by atoms with E-state index >= 15 is 0 Å². The molecule has 1 aliphatic rings. The highest BCUT2D eigenvalue weighted by molar-refractivity contribution is 6.04. The zero-order valence-electron chi connectivity index (χ0n) is 16.8. The fourth-order valence-electron chi connectivity index (χ4n) is 4.71. The van der Waals surface area contributed by atoms with Crippen LogP contribution < -0.4 is 0 Å². The van der Waals surface area contributed by atoms with Crippen molar-refractivity contribution in [1.29, 1.82) is 0 Å². The normalized spacial score (nSPS) is 12.6. The van der Waals surface area contributed by atoms with E-state index in [4.69, 9.17) is 10.1 Å². The Balaban J connectivity index is 1.77. The van der Waals surface area contributed by atoms with Crippen molar-refractivity contribution in [2.45, 2.75) is 19.8 Å². The molecule has 0 radical (unpaired) electrons. The molecular weight excluding hydrogens is 366 g/mol. The molecule has 5 aromatic rings. The topological polar surface area (TPSA) is 30.7 Å². The number of aromatic nitrogens is 3. The summed E-state index contributed by atoms with van der Waals surface area (Å²) in [4.78, 5) is 5.20. The van der Waals surface area contributed by atoms with Crippen molar-refractivity contribution < 1.29 is 0 Å². The zero-order chi connectivity index (χ0) is 20.1. The smallest absolute Gasteiger partial charge is 0.164 e. The Morgan fingerprint density at radius 3 is 2.23 bits per heavy atom. The van der Waals surface area contributed by atoms with Crippen molar-refractivity contribution in [2.24, 2.45) is 0 Å². The minimum atomic E-state index is 0.940. The van der Waals surface area contributed by atoms with E-state index in [1.165, 1.54) is 27.8 Å². The van der Waals surface area contributed by atoms with Gasteiger partial charge in [0.15, 0.2) is 5.65 Å². The van der Waals surface area contributed by atoms with Crippen LogP contribution in [0.15, 0.2) is 84.9 Å². The van der Waals surface area contributed by atoms with Gasteiger partial charge in [0, 0.05) is 11.1 Å². The van der Waals surface area contributed by atoms with Crippen LogP contribution in [-0.2, 0) is 12.8 Å². The van der Waals surface area contributed by atoms with Crippen LogP contribution in [0.5, 0.6) is 0 Å². The van der Waals surface area contributed by atoms with Crippen LogP contribution in [0.4, 0.5) is 0 Å². The first-order valence-electron chi connectivity index (χ1n) is 10.4. The average Bonchev–Trinajstić information content (AvgIpc) is 3.14. The Morgan fingerprint density at radius 1 is 0.733 bits per heavy atom. The first-order chi connectivity index (χ1) is 14.8. The number of hydrogen-bond acceptors (Lipinski definition) is 2. The van der Waals surface area contributed by atoms with Gasteiger partial charge in [-0.25, -0.2) is 9.67 Å². The molecule has 2 aromatic heterocycles. The van der Waals surface area contributed by atoms with E-state index in [9.17, 15) is 0 Å². The summed E-state index contributed by atoms with van der Waals surface area (Å²) in [6.45, 7) is 2.09. The van der Waals surface area contributed by atoms with Crippen molar-refractivity contribution in [1.82, 2.24) is 14.8 Å². The number of pyridine rings is 1. The Hall–Kier alpha value is -3.72. The van der Waals surface area contributed by atoms with Crippen molar-refractivity contribution in [3.63, 3.8) is 0 Å². The average molecular weight is 387 g/mol. The second-order valence-electron chi connectivity index (χ2n) is 7.86. The van der Waals surface area contributed by atoms with Gasteiger partial charge in [-0.15, -0.1) is 0 Å². The number of hydrogen-bond donors (Lipinski definition) is 0. The number of rotatable bonds is 2. The van der Waals surface area contributed by atoms with Crippen LogP contribution in [0.25, 0.3) is 39.0 Å². The summed E-state index contributed by atoms with van der Waals surface area (Å²) in [7, 11) is 0. The Bertz CT molecular complexity index is 1380. The van der Waals surface area contributed by atoms with E-state index in [0.29, 0.717) is 0 Å². The lowest BCUT2D eigenvalue weighted by atomic mass is 9.83. The van der Waals surface area contributed by atoms with Gasteiger partial charge in [-0.2, -0.15) is 5.10 Å². The van der Waals surface area contributed by atoms with E-state index in [2.05, 4.69) is 73.7 Å². The van der Waals surface area contributed by atoms with Crippen LogP contribution in [-0.4, -0.2) is 14.8 Å². The summed E-state index contributed by atoms with van der Waals surface area (Å²) in [6, 6.07) is 29.7. The summed E-state index contributed by atoms with van der Waals surface area (Å²) >= 11 is 0. The molecule has 30 heavy (non-hydrogen) atoms. The zero-order valence-corrected chi connectivity index (χ0v) is 16.8. The standard InChI is InChI=1S/C27H21N3/c1-18-24-25(20-11-4-2-5-12-20)26-22-15-9-8-10-19(22)16-17-23(26)28-27(24)30(29-18)21-13-6-3-7-14-21/h2-15H,16-17H2,1H3. The van der Waals surface area contributed by atoms with Gasteiger partial charge in [-0.1, -0.05) is 72.8 Å². The highest BCUT2D eigenvalue weighted by Gasteiger charge is 2.26. The summed E-state index contributed by atoms with van der Waals surface area (Å²) in [5, 5.41) is 6.07. The summed E-state index contributed by atoms with van der Waals surface area (Å²) < 4.78 is 2.00. The molecular formula is C27H21N3. The van der Waals surface area contributed by atoms with Crippen molar-refractivity contribution in [3.05, 3.63) is 102 Å². The molecule has 0 spiro atoms. The molecule has 6 rings (SSSR count). The third kappa shape index (κ3) is 2.52. The van der Waals surface area contributed by atoms with Crippen molar-refractivity contribution >= 4 is 11.0 Å².